The first-order valence-corrected chi connectivity index (χ1v) is 13.8. The number of nitrogens with zero attached hydrogens (tertiary/aromatic N) is 1. The van der Waals surface area contributed by atoms with Crippen molar-refractivity contribution in [2.24, 2.45) is 0 Å². The average Bonchev–Trinajstić information content (AvgIpc) is 3.24. The summed E-state index contributed by atoms with van der Waals surface area (Å²) in [6, 6.07) is 39.8. The first-order valence-electron chi connectivity index (χ1n) is 13.8. The minimum atomic E-state index is -0.917. The molecule has 5 rings (SSSR count). The van der Waals surface area contributed by atoms with Crippen LogP contribution in [-0.4, -0.2) is 35.1 Å². The highest BCUT2D eigenvalue weighted by Crippen LogP contribution is 2.47. The molecule has 5 nitrogen and oxygen atoms in total. The van der Waals surface area contributed by atoms with Crippen molar-refractivity contribution in [3.8, 4) is 0 Å². The van der Waals surface area contributed by atoms with E-state index in [1.165, 1.54) is 5.06 Å². The van der Waals surface area contributed by atoms with Crippen LogP contribution in [0, 0.1) is 0 Å². The number of rotatable bonds is 13. The highest BCUT2D eigenvalue weighted by molar-refractivity contribution is 5.31. The predicted octanol–water partition coefficient (Wildman–Crippen LogP) is 6.92. The molecule has 1 N–H and O–H groups in total. The third-order valence-electron chi connectivity index (χ3n) is 7.56. The fourth-order valence-electron chi connectivity index (χ4n) is 5.61. The highest BCUT2D eigenvalue weighted by atomic mass is 16.6. The summed E-state index contributed by atoms with van der Waals surface area (Å²) >= 11 is 0. The second-order valence-electron chi connectivity index (χ2n) is 10.2. The zero-order valence-corrected chi connectivity index (χ0v) is 22.7. The maximum Gasteiger partial charge on any atom is 0.111 e. The molecule has 0 radical (unpaired) electrons. The Morgan fingerprint density at radius 3 is 1.68 bits per heavy atom. The molecular weight excluding hydrogens is 498 g/mol. The van der Waals surface area contributed by atoms with Gasteiger partial charge in [-0.1, -0.05) is 127 Å². The van der Waals surface area contributed by atoms with Crippen LogP contribution in [0.3, 0.4) is 0 Å². The molecule has 0 aromatic heterocycles. The largest absolute Gasteiger partial charge is 0.375 e. The predicted molar refractivity (Wildman–Crippen MR) is 156 cm³/mol. The van der Waals surface area contributed by atoms with Gasteiger partial charge in [-0.05, 0) is 28.7 Å². The van der Waals surface area contributed by atoms with Crippen molar-refractivity contribution < 1.29 is 19.4 Å². The Hall–Kier alpha value is -3.58. The molecule has 5 heteroatoms. The van der Waals surface area contributed by atoms with Crippen LogP contribution in [0.2, 0.25) is 0 Å². The maximum absolute atomic E-state index is 12.1. The zero-order chi connectivity index (χ0) is 27.6. The molecule has 4 aromatic carbocycles. The van der Waals surface area contributed by atoms with Crippen LogP contribution in [-0.2, 0) is 39.6 Å². The van der Waals surface area contributed by atoms with Crippen molar-refractivity contribution in [2.75, 3.05) is 6.61 Å². The topological polar surface area (TPSA) is 51.2 Å². The van der Waals surface area contributed by atoms with Crippen LogP contribution in [0.25, 0.3) is 0 Å². The van der Waals surface area contributed by atoms with Crippen LogP contribution in [0.4, 0.5) is 0 Å². The van der Waals surface area contributed by atoms with E-state index in [0.29, 0.717) is 26.2 Å². The number of hydroxylamine groups is 2. The van der Waals surface area contributed by atoms with E-state index in [-0.39, 0.29) is 6.61 Å². The molecule has 4 aromatic rings. The molecule has 40 heavy (non-hydrogen) atoms. The lowest BCUT2D eigenvalue weighted by Gasteiger charge is -2.39. The second-order valence-corrected chi connectivity index (χ2v) is 10.2. The van der Waals surface area contributed by atoms with Crippen molar-refractivity contribution in [1.82, 2.24) is 5.06 Å². The van der Waals surface area contributed by atoms with E-state index < -0.39 is 23.8 Å². The minimum Gasteiger partial charge on any atom is -0.375 e. The Morgan fingerprint density at radius 2 is 1.15 bits per heavy atom. The second kappa shape index (κ2) is 13.7. The van der Waals surface area contributed by atoms with Crippen molar-refractivity contribution in [3.63, 3.8) is 0 Å². The van der Waals surface area contributed by atoms with E-state index in [2.05, 4.69) is 6.58 Å². The molecule has 1 heterocycles. The van der Waals surface area contributed by atoms with Gasteiger partial charge in [0.2, 0.25) is 0 Å². The van der Waals surface area contributed by atoms with Gasteiger partial charge in [-0.2, -0.15) is 5.06 Å². The summed E-state index contributed by atoms with van der Waals surface area (Å²) in [5.41, 5.74) is 3.20. The summed E-state index contributed by atoms with van der Waals surface area (Å²) in [7, 11) is 0. The third kappa shape index (κ3) is 6.25. The van der Waals surface area contributed by atoms with E-state index in [1.807, 2.05) is 127 Å². The Kier molecular flexibility index (Phi) is 9.55. The number of benzene rings is 4. The molecule has 1 fully saturated rings. The summed E-state index contributed by atoms with van der Waals surface area (Å²) in [4.78, 5) is 0. The molecule has 0 aliphatic carbocycles. The molecule has 1 aliphatic heterocycles. The number of ether oxygens (including phenoxy) is 3. The Balaban J connectivity index is 1.50. The lowest BCUT2D eigenvalue weighted by Crippen LogP contribution is -2.49. The normalized spacial score (nSPS) is 22.8. The van der Waals surface area contributed by atoms with Crippen LogP contribution < -0.4 is 0 Å². The van der Waals surface area contributed by atoms with Gasteiger partial charge >= 0.3 is 0 Å². The quantitative estimate of drug-likeness (QED) is 0.188. The molecule has 0 spiro atoms. The summed E-state index contributed by atoms with van der Waals surface area (Å²) in [6.45, 7) is 5.53. The van der Waals surface area contributed by atoms with Crippen LogP contribution in [0.5, 0.6) is 0 Å². The maximum atomic E-state index is 12.1. The summed E-state index contributed by atoms with van der Waals surface area (Å²) < 4.78 is 19.6. The number of hydrogen-bond donors (Lipinski definition) is 1. The average molecular weight is 536 g/mol. The molecule has 4 atom stereocenters. The van der Waals surface area contributed by atoms with E-state index in [0.717, 1.165) is 22.3 Å². The van der Waals surface area contributed by atoms with Gasteiger partial charge in [0.05, 0.1) is 32.5 Å². The van der Waals surface area contributed by atoms with Crippen molar-refractivity contribution in [1.29, 1.82) is 0 Å². The molecule has 0 amide bonds. The Bertz CT molecular complexity index is 1300. The number of hydrogen-bond acceptors (Lipinski definition) is 5. The zero-order valence-electron chi connectivity index (χ0n) is 22.7. The SMILES string of the molecule is C=CC[C@]1(c2ccccc2)[C@@H](OCc2ccccc2)[C@H](OCc2ccccc2)[C@@H](COCc2ccccc2)N1O. The van der Waals surface area contributed by atoms with Crippen LogP contribution in [0.15, 0.2) is 134 Å². The van der Waals surface area contributed by atoms with Gasteiger partial charge in [0.1, 0.15) is 17.7 Å². The fraction of sp³-hybridized carbons (Fsp3) is 0.257. The third-order valence-corrected chi connectivity index (χ3v) is 7.56. The van der Waals surface area contributed by atoms with Crippen molar-refractivity contribution in [3.05, 3.63) is 156 Å². The van der Waals surface area contributed by atoms with E-state index in [4.69, 9.17) is 14.2 Å². The van der Waals surface area contributed by atoms with Gasteiger partial charge in [0.15, 0.2) is 0 Å². The minimum absolute atomic E-state index is 0.266. The smallest absolute Gasteiger partial charge is 0.111 e. The lowest BCUT2D eigenvalue weighted by atomic mass is 9.82. The van der Waals surface area contributed by atoms with Gasteiger partial charge in [-0.25, -0.2) is 0 Å². The summed E-state index contributed by atoms with van der Waals surface area (Å²) in [6.07, 6.45) is 1.32. The standard InChI is InChI=1S/C35H37NO4/c1-2-23-35(31-21-13-6-14-22-31)34(40-26-30-19-11-5-12-20-30)33(39-25-29-17-9-4-10-18-29)32(36(35)37)27-38-24-28-15-7-3-8-16-28/h2-22,32-34,37H,1,23-27H2/t32-,33-,34+,35+/m1/s1. The fourth-order valence-corrected chi connectivity index (χ4v) is 5.61. The molecule has 0 saturated carbocycles. The molecule has 0 unspecified atom stereocenters. The Labute approximate surface area is 237 Å². The highest BCUT2D eigenvalue weighted by Gasteiger charge is 2.61. The van der Waals surface area contributed by atoms with Gasteiger partial charge < -0.3 is 19.4 Å². The van der Waals surface area contributed by atoms with Crippen LogP contribution >= 0.6 is 0 Å². The van der Waals surface area contributed by atoms with Gasteiger partial charge in [-0.3, -0.25) is 0 Å². The molecule has 1 aliphatic rings. The lowest BCUT2D eigenvalue weighted by molar-refractivity contribution is -0.209. The molecular formula is C35H37NO4. The molecule has 206 valence electrons. The summed E-state index contributed by atoms with van der Waals surface area (Å²) in [5, 5.41) is 13.5. The van der Waals surface area contributed by atoms with Crippen molar-refractivity contribution in [2.45, 2.75) is 50.0 Å². The first kappa shape index (κ1) is 28.0. The van der Waals surface area contributed by atoms with Gasteiger partial charge in [0, 0.05) is 0 Å². The van der Waals surface area contributed by atoms with Crippen molar-refractivity contribution >= 4 is 0 Å². The van der Waals surface area contributed by atoms with Crippen LogP contribution in [0.1, 0.15) is 28.7 Å². The first-order chi connectivity index (χ1) is 19.7. The Morgan fingerprint density at radius 1 is 0.675 bits per heavy atom. The van der Waals surface area contributed by atoms with Gasteiger partial charge in [-0.15, -0.1) is 6.58 Å². The monoisotopic (exact) mass is 535 g/mol. The van der Waals surface area contributed by atoms with E-state index in [1.54, 1.807) is 0 Å². The van der Waals surface area contributed by atoms with Gasteiger partial charge in [0.25, 0.3) is 0 Å². The molecule has 1 saturated heterocycles. The summed E-state index contributed by atoms with van der Waals surface area (Å²) in [5.74, 6) is 0. The van der Waals surface area contributed by atoms with E-state index >= 15 is 0 Å². The molecule has 0 bridgehead atoms. The van der Waals surface area contributed by atoms with E-state index in [9.17, 15) is 5.21 Å².